The molecule has 0 saturated carbocycles. The van der Waals surface area contributed by atoms with Gasteiger partial charge in [0.15, 0.2) is 5.78 Å². The Bertz CT molecular complexity index is 452. The maximum Gasteiger partial charge on any atom is 0.416 e. The molecule has 0 spiro atoms. The number of carbonyl (C=O) groups is 1. The van der Waals surface area contributed by atoms with Crippen molar-refractivity contribution in [1.82, 2.24) is 0 Å². The third kappa shape index (κ3) is 3.09. The molecule has 0 fully saturated rings. The van der Waals surface area contributed by atoms with E-state index in [1.165, 1.54) is 26.0 Å². The molecule has 0 aromatic heterocycles. The molecule has 1 N–H and O–H groups in total. The number of alkyl halides is 3. The van der Waals surface area contributed by atoms with E-state index in [4.69, 9.17) is 0 Å². The van der Waals surface area contributed by atoms with Crippen LogP contribution in [0.4, 0.5) is 13.2 Å². The Morgan fingerprint density at radius 1 is 1.12 bits per heavy atom. The highest BCUT2D eigenvalue weighted by atomic mass is 19.4. The van der Waals surface area contributed by atoms with E-state index in [2.05, 4.69) is 0 Å². The lowest BCUT2D eigenvalue weighted by atomic mass is 10.00. The third-order valence-electron chi connectivity index (χ3n) is 2.21. The van der Waals surface area contributed by atoms with Gasteiger partial charge in [-0.2, -0.15) is 13.2 Å². The molecular formula is C12H11F3O2. The molecule has 1 aromatic carbocycles. The lowest BCUT2D eigenvalue weighted by Crippen LogP contribution is -2.05. The van der Waals surface area contributed by atoms with Crippen molar-refractivity contribution in [2.24, 2.45) is 0 Å². The highest BCUT2D eigenvalue weighted by Gasteiger charge is 2.30. The molecule has 5 heteroatoms. The molecule has 0 aliphatic rings. The summed E-state index contributed by atoms with van der Waals surface area (Å²) >= 11 is 0. The second kappa shape index (κ2) is 4.61. The average molecular weight is 244 g/mol. The van der Waals surface area contributed by atoms with Gasteiger partial charge in [-0.15, -0.1) is 0 Å². The zero-order valence-electron chi connectivity index (χ0n) is 9.30. The molecule has 0 amide bonds. The summed E-state index contributed by atoms with van der Waals surface area (Å²) in [5.74, 6) is -0.609. The first-order valence-electron chi connectivity index (χ1n) is 4.82. The number of hydrogen-bond acceptors (Lipinski definition) is 2. The van der Waals surface area contributed by atoms with Gasteiger partial charge in [0.05, 0.1) is 11.1 Å². The fourth-order valence-electron chi connectivity index (χ4n) is 1.49. The summed E-state index contributed by atoms with van der Waals surface area (Å²) < 4.78 is 36.9. The van der Waals surface area contributed by atoms with E-state index in [0.29, 0.717) is 0 Å². The van der Waals surface area contributed by atoms with E-state index in [1.54, 1.807) is 0 Å². The second-order valence-electron chi connectivity index (χ2n) is 3.59. The predicted molar refractivity (Wildman–Crippen MR) is 57.3 cm³/mol. The number of aliphatic hydroxyl groups is 1. The normalized spacial score (nSPS) is 13.2. The second-order valence-corrected chi connectivity index (χ2v) is 3.59. The van der Waals surface area contributed by atoms with Crippen LogP contribution in [-0.4, -0.2) is 10.9 Å². The van der Waals surface area contributed by atoms with Gasteiger partial charge >= 0.3 is 6.18 Å². The van der Waals surface area contributed by atoms with Crippen LogP contribution in [0.25, 0.3) is 5.57 Å². The van der Waals surface area contributed by atoms with Crippen LogP contribution >= 0.6 is 0 Å². The van der Waals surface area contributed by atoms with E-state index in [9.17, 15) is 23.1 Å². The SMILES string of the molecule is CC(=O)/C(=C(/C)O)c1ccc(C(F)(F)F)cc1. The van der Waals surface area contributed by atoms with Gasteiger partial charge in [-0.05, 0) is 31.5 Å². The molecule has 1 rings (SSSR count). The molecular weight excluding hydrogens is 233 g/mol. The van der Waals surface area contributed by atoms with E-state index in [1.807, 2.05) is 0 Å². The lowest BCUT2D eigenvalue weighted by molar-refractivity contribution is -0.137. The standard InChI is InChI=1S/C12H11F3O2/c1-7(16)11(8(2)17)9-3-5-10(6-4-9)12(13,14)15/h3-6,16H,1-2H3/b11-7+. The topological polar surface area (TPSA) is 37.3 Å². The Balaban J connectivity index is 3.19. The van der Waals surface area contributed by atoms with Crippen molar-refractivity contribution in [3.63, 3.8) is 0 Å². The van der Waals surface area contributed by atoms with Crippen LogP contribution < -0.4 is 0 Å². The number of allylic oxidation sites excluding steroid dienone is 2. The van der Waals surface area contributed by atoms with Gasteiger partial charge in [-0.25, -0.2) is 0 Å². The number of Topliss-reactive ketones (excluding diaryl/α,β-unsaturated/α-hetero) is 1. The first-order valence-corrected chi connectivity index (χ1v) is 4.82. The van der Waals surface area contributed by atoms with Gasteiger partial charge in [0, 0.05) is 0 Å². The summed E-state index contributed by atoms with van der Waals surface area (Å²) in [6, 6.07) is 4.08. The zero-order valence-corrected chi connectivity index (χ0v) is 9.30. The minimum absolute atomic E-state index is 0.0266. The summed E-state index contributed by atoms with van der Waals surface area (Å²) in [6.07, 6.45) is -4.41. The van der Waals surface area contributed by atoms with Crippen LogP contribution in [-0.2, 0) is 11.0 Å². The minimum atomic E-state index is -4.41. The number of ketones is 1. The van der Waals surface area contributed by atoms with Gasteiger partial charge in [0.2, 0.25) is 0 Å². The van der Waals surface area contributed by atoms with E-state index >= 15 is 0 Å². The molecule has 2 nitrogen and oxygen atoms in total. The van der Waals surface area contributed by atoms with Crippen molar-refractivity contribution in [3.05, 3.63) is 41.2 Å². The van der Waals surface area contributed by atoms with E-state index in [-0.39, 0.29) is 16.9 Å². The fraction of sp³-hybridized carbons (Fsp3) is 0.250. The molecule has 92 valence electrons. The van der Waals surface area contributed by atoms with Crippen molar-refractivity contribution in [2.75, 3.05) is 0 Å². The quantitative estimate of drug-likeness (QED) is 0.637. The maximum atomic E-state index is 12.3. The molecule has 0 unspecified atom stereocenters. The summed E-state index contributed by atoms with van der Waals surface area (Å²) in [4.78, 5) is 11.2. The first-order chi connectivity index (χ1) is 7.73. The summed E-state index contributed by atoms with van der Waals surface area (Å²) in [7, 11) is 0. The maximum absolute atomic E-state index is 12.3. The molecule has 1 aromatic rings. The molecule has 17 heavy (non-hydrogen) atoms. The summed E-state index contributed by atoms with van der Waals surface area (Å²) in [5, 5.41) is 9.30. The zero-order chi connectivity index (χ0) is 13.2. The summed E-state index contributed by atoms with van der Waals surface area (Å²) in [5.41, 5.74) is -0.496. The van der Waals surface area contributed by atoms with Crippen LogP contribution in [0.1, 0.15) is 25.0 Å². The number of halogens is 3. The highest BCUT2D eigenvalue weighted by Crippen LogP contribution is 2.30. The number of hydrogen-bond donors (Lipinski definition) is 1. The van der Waals surface area contributed by atoms with Gasteiger partial charge in [-0.1, -0.05) is 12.1 Å². The Morgan fingerprint density at radius 2 is 1.59 bits per heavy atom. The lowest BCUT2D eigenvalue weighted by Gasteiger charge is -2.09. The van der Waals surface area contributed by atoms with Crippen LogP contribution in [0, 0.1) is 0 Å². The van der Waals surface area contributed by atoms with Crippen molar-refractivity contribution in [1.29, 1.82) is 0 Å². The minimum Gasteiger partial charge on any atom is -0.512 e. The first kappa shape index (κ1) is 13.3. The molecule has 0 saturated heterocycles. The van der Waals surface area contributed by atoms with Crippen LogP contribution in [0.15, 0.2) is 30.0 Å². The van der Waals surface area contributed by atoms with Gasteiger partial charge in [0.25, 0.3) is 0 Å². The number of benzene rings is 1. The smallest absolute Gasteiger partial charge is 0.416 e. The molecule has 0 heterocycles. The Morgan fingerprint density at radius 3 is 1.88 bits per heavy atom. The number of aliphatic hydroxyl groups excluding tert-OH is 1. The number of rotatable bonds is 2. The van der Waals surface area contributed by atoms with Gasteiger partial charge < -0.3 is 5.11 Å². The van der Waals surface area contributed by atoms with Crippen LogP contribution in [0.2, 0.25) is 0 Å². The molecule has 0 radical (unpaired) electrons. The highest BCUT2D eigenvalue weighted by molar-refractivity contribution is 6.20. The van der Waals surface area contributed by atoms with E-state index < -0.39 is 17.5 Å². The Hall–Kier alpha value is -1.78. The monoisotopic (exact) mass is 244 g/mol. The molecule has 0 atom stereocenters. The van der Waals surface area contributed by atoms with Gasteiger partial charge in [-0.3, -0.25) is 4.79 Å². The molecule has 0 bridgehead atoms. The van der Waals surface area contributed by atoms with Gasteiger partial charge in [0.1, 0.15) is 5.76 Å². The number of carbonyl (C=O) groups excluding carboxylic acids is 1. The Labute approximate surface area is 96.4 Å². The van der Waals surface area contributed by atoms with Crippen molar-refractivity contribution < 1.29 is 23.1 Å². The van der Waals surface area contributed by atoms with Crippen molar-refractivity contribution >= 4 is 11.4 Å². The largest absolute Gasteiger partial charge is 0.512 e. The third-order valence-corrected chi connectivity index (χ3v) is 2.21. The predicted octanol–water partition coefficient (Wildman–Crippen LogP) is 3.58. The Kier molecular flexibility index (Phi) is 3.60. The summed E-state index contributed by atoms with van der Waals surface area (Å²) in [6.45, 7) is 2.56. The average Bonchev–Trinajstić information content (AvgIpc) is 2.15. The van der Waals surface area contributed by atoms with Crippen molar-refractivity contribution in [3.8, 4) is 0 Å². The van der Waals surface area contributed by atoms with Crippen molar-refractivity contribution in [2.45, 2.75) is 20.0 Å². The van der Waals surface area contributed by atoms with E-state index in [0.717, 1.165) is 12.1 Å². The molecule has 0 aliphatic carbocycles. The fourth-order valence-corrected chi connectivity index (χ4v) is 1.49. The van der Waals surface area contributed by atoms with Crippen LogP contribution in [0.3, 0.4) is 0 Å². The molecule has 0 aliphatic heterocycles. The van der Waals surface area contributed by atoms with Crippen LogP contribution in [0.5, 0.6) is 0 Å².